The highest BCUT2D eigenvalue weighted by atomic mass is 15.1. The molecule has 0 aromatic carbocycles. The van der Waals surface area contributed by atoms with Crippen molar-refractivity contribution >= 4 is 0 Å². The lowest BCUT2D eigenvalue weighted by Gasteiger charge is -2.20. The van der Waals surface area contributed by atoms with Gasteiger partial charge in [-0.25, -0.2) is 4.98 Å². The molecule has 1 fully saturated rings. The molecule has 90 valence electrons. The zero-order valence-electron chi connectivity index (χ0n) is 10.7. The van der Waals surface area contributed by atoms with E-state index in [1.165, 1.54) is 31.4 Å². The Balaban J connectivity index is 1.86. The van der Waals surface area contributed by atoms with Crippen LogP contribution in [0.2, 0.25) is 0 Å². The maximum absolute atomic E-state index is 4.34. The van der Waals surface area contributed by atoms with Crippen LogP contribution in [0.4, 0.5) is 0 Å². The van der Waals surface area contributed by atoms with E-state index in [1.807, 2.05) is 6.33 Å². The van der Waals surface area contributed by atoms with Gasteiger partial charge in [0.1, 0.15) is 0 Å². The van der Waals surface area contributed by atoms with E-state index < -0.39 is 0 Å². The molecule has 1 atom stereocenters. The van der Waals surface area contributed by atoms with Crippen molar-refractivity contribution in [3.8, 4) is 0 Å². The fourth-order valence-corrected chi connectivity index (χ4v) is 2.57. The van der Waals surface area contributed by atoms with Crippen molar-refractivity contribution in [3.05, 3.63) is 17.7 Å². The van der Waals surface area contributed by atoms with Gasteiger partial charge < -0.3 is 9.88 Å². The number of hydrogen-bond donors (Lipinski definition) is 1. The molecule has 1 heterocycles. The van der Waals surface area contributed by atoms with Crippen LogP contribution in [0.5, 0.6) is 0 Å². The number of nitrogens with zero attached hydrogens (tertiary/aromatic N) is 2. The lowest BCUT2D eigenvalue weighted by atomic mass is 10.2. The van der Waals surface area contributed by atoms with Crippen molar-refractivity contribution < 1.29 is 0 Å². The monoisotopic (exact) mass is 221 g/mol. The van der Waals surface area contributed by atoms with E-state index >= 15 is 0 Å². The van der Waals surface area contributed by atoms with E-state index in [4.69, 9.17) is 0 Å². The van der Waals surface area contributed by atoms with Gasteiger partial charge in [-0.15, -0.1) is 0 Å². The first kappa shape index (κ1) is 11.6. The maximum atomic E-state index is 4.34. The van der Waals surface area contributed by atoms with Gasteiger partial charge in [-0.05, 0) is 33.6 Å². The molecule has 1 aliphatic rings. The Morgan fingerprint density at radius 1 is 1.44 bits per heavy atom. The standard InChI is InChI=1S/C13H23N3/c1-10(15-13-6-4-5-7-13)8-16-9-14-11(2)12(16)3/h9-10,13,15H,4-8H2,1-3H3. The first-order chi connectivity index (χ1) is 7.66. The number of nitrogens with one attached hydrogen (secondary N) is 1. The smallest absolute Gasteiger partial charge is 0.0951 e. The fraction of sp³-hybridized carbons (Fsp3) is 0.769. The fourth-order valence-electron chi connectivity index (χ4n) is 2.57. The van der Waals surface area contributed by atoms with E-state index in [9.17, 15) is 0 Å². The molecule has 1 saturated carbocycles. The van der Waals surface area contributed by atoms with Crippen LogP contribution in [0.15, 0.2) is 6.33 Å². The Labute approximate surface area is 98.3 Å². The summed E-state index contributed by atoms with van der Waals surface area (Å²) >= 11 is 0. The molecule has 16 heavy (non-hydrogen) atoms. The molecular weight excluding hydrogens is 198 g/mol. The molecule has 1 N–H and O–H groups in total. The molecule has 1 unspecified atom stereocenters. The summed E-state index contributed by atoms with van der Waals surface area (Å²) in [5.74, 6) is 0. The van der Waals surface area contributed by atoms with Gasteiger partial charge in [0.15, 0.2) is 0 Å². The second-order valence-corrected chi connectivity index (χ2v) is 5.12. The van der Waals surface area contributed by atoms with Gasteiger partial charge >= 0.3 is 0 Å². The predicted octanol–water partition coefficient (Wildman–Crippen LogP) is 2.42. The topological polar surface area (TPSA) is 29.9 Å². The molecule has 3 heteroatoms. The average Bonchev–Trinajstić information content (AvgIpc) is 2.83. The van der Waals surface area contributed by atoms with Crippen molar-refractivity contribution in [1.82, 2.24) is 14.9 Å². The quantitative estimate of drug-likeness (QED) is 0.846. The minimum Gasteiger partial charge on any atom is -0.333 e. The van der Waals surface area contributed by atoms with Crippen molar-refractivity contribution in [2.75, 3.05) is 0 Å². The SMILES string of the molecule is Cc1ncn(CC(C)NC2CCCC2)c1C. The van der Waals surface area contributed by atoms with Crippen LogP contribution in [0.1, 0.15) is 44.0 Å². The molecule has 0 bridgehead atoms. The Kier molecular flexibility index (Phi) is 3.64. The van der Waals surface area contributed by atoms with E-state index in [2.05, 4.69) is 35.6 Å². The van der Waals surface area contributed by atoms with Crippen LogP contribution >= 0.6 is 0 Å². The second kappa shape index (κ2) is 5.00. The molecule has 1 aromatic rings. The third kappa shape index (κ3) is 2.64. The van der Waals surface area contributed by atoms with Crippen LogP contribution in [0.25, 0.3) is 0 Å². The van der Waals surface area contributed by atoms with Crippen molar-refractivity contribution in [1.29, 1.82) is 0 Å². The van der Waals surface area contributed by atoms with Gasteiger partial charge in [-0.1, -0.05) is 12.8 Å². The summed E-state index contributed by atoms with van der Waals surface area (Å²) in [7, 11) is 0. The van der Waals surface area contributed by atoms with Crippen molar-refractivity contribution in [3.63, 3.8) is 0 Å². The van der Waals surface area contributed by atoms with E-state index in [-0.39, 0.29) is 0 Å². The first-order valence-electron chi connectivity index (χ1n) is 6.41. The molecule has 0 radical (unpaired) electrons. The Morgan fingerprint density at radius 2 is 2.12 bits per heavy atom. The third-order valence-electron chi connectivity index (χ3n) is 3.69. The van der Waals surface area contributed by atoms with E-state index in [1.54, 1.807) is 0 Å². The molecule has 0 amide bonds. The van der Waals surface area contributed by atoms with Crippen molar-refractivity contribution in [2.45, 2.75) is 65.1 Å². The number of hydrogen-bond acceptors (Lipinski definition) is 2. The van der Waals surface area contributed by atoms with Crippen LogP contribution in [-0.2, 0) is 6.54 Å². The highest BCUT2D eigenvalue weighted by molar-refractivity contribution is 5.08. The normalized spacial score (nSPS) is 19.2. The molecule has 0 saturated heterocycles. The van der Waals surface area contributed by atoms with Gasteiger partial charge in [0, 0.05) is 24.3 Å². The summed E-state index contributed by atoms with van der Waals surface area (Å²) < 4.78 is 2.25. The van der Waals surface area contributed by atoms with E-state index in [0.29, 0.717) is 6.04 Å². The van der Waals surface area contributed by atoms with Crippen molar-refractivity contribution in [2.24, 2.45) is 0 Å². The summed E-state index contributed by atoms with van der Waals surface area (Å²) in [6.45, 7) is 7.52. The predicted molar refractivity (Wildman–Crippen MR) is 66.6 cm³/mol. The molecule has 3 nitrogen and oxygen atoms in total. The van der Waals surface area contributed by atoms with Gasteiger partial charge in [-0.2, -0.15) is 0 Å². The van der Waals surface area contributed by atoms with Gasteiger partial charge in [0.2, 0.25) is 0 Å². The van der Waals surface area contributed by atoms with Gasteiger partial charge in [-0.3, -0.25) is 0 Å². The summed E-state index contributed by atoms with van der Waals surface area (Å²) in [5, 5.41) is 3.72. The molecule has 2 rings (SSSR count). The van der Waals surface area contributed by atoms with Gasteiger partial charge in [0.05, 0.1) is 12.0 Å². The van der Waals surface area contributed by atoms with E-state index in [0.717, 1.165) is 18.3 Å². The minimum absolute atomic E-state index is 0.537. The van der Waals surface area contributed by atoms with Crippen LogP contribution in [-0.4, -0.2) is 21.6 Å². The second-order valence-electron chi connectivity index (χ2n) is 5.12. The Hall–Kier alpha value is -0.830. The Morgan fingerprint density at radius 3 is 2.69 bits per heavy atom. The molecule has 1 aliphatic carbocycles. The molecule has 0 spiro atoms. The van der Waals surface area contributed by atoms with Crippen LogP contribution in [0, 0.1) is 13.8 Å². The lowest BCUT2D eigenvalue weighted by molar-refractivity contribution is 0.408. The number of aromatic nitrogens is 2. The number of imidazole rings is 1. The zero-order chi connectivity index (χ0) is 11.5. The Bertz CT molecular complexity index is 337. The van der Waals surface area contributed by atoms with Gasteiger partial charge in [0.25, 0.3) is 0 Å². The first-order valence-corrected chi connectivity index (χ1v) is 6.41. The third-order valence-corrected chi connectivity index (χ3v) is 3.69. The average molecular weight is 221 g/mol. The summed E-state index contributed by atoms with van der Waals surface area (Å²) in [5.41, 5.74) is 2.44. The summed E-state index contributed by atoms with van der Waals surface area (Å²) in [6, 6.07) is 1.29. The summed E-state index contributed by atoms with van der Waals surface area (Å²) in [4.78, 5) is 4.34. The highest BCUT2D eigenvalue weighted by Crippen LogP contribution is 2.18. The lowest BCUT2D eigenvalue weighted by Crippen LogP contribution is -2.37. The molecular formula is C13H23N3. The molecule has 0 aliphatic heterocycles. The van der Waals surface area contributed by atoms with Crippen LogP contribution in [0.3, 0.4) is 0 Å². The maximum Gasteiger partial charge on any atom is 0.0951 e. The number of rotatable bonds is 4. The van der Waals surface area contributed by atoms with Crippen LogP contribution < -0.4 is 5.32 Å². The largest absolute Gasteiger partial charge is 0.333 e. The summed E-state index contributed by atoms with van der Waals surface area (Å²) in [6.07, 6.45) is 7.46. The minimum atomic E-state index is 0.537. The molecule has 1 aromatic heterocycles. The highest BCUT2D eigenvalue weighted by Gasteiger charge is 2.17. The zero-order valence-corrected chi connectivity index (χ0v) is 10.7. The number of aryl methyl sites for hydroxylation is 1.